The molecule has 4 nitrogen and oxygen atoms in total. The SMILES string of the molecule is COc1ccc(CCC2(C)Oc3ccc(OC)cc3C(c3ccccc3)(c3ccccc3)O2)cc1. The van der Waals surface area contributed by atoms with E-state index >= 15 is 0 Å². The number of aryl methyl sites for hydroxylation is 1. The van der Waals surface area contributed by atoms with E-state index in [4.69, 9.17) is 18.9 Å². The molecule has 0 radical (unpaired) electrons. The molecule has 0 saturated carbocycles. The summed E-state index contributed by atoms with van der Waals surface area (Å²) in [6.07, 6.45) is 1.47. The van der Waals surface area contributed by atoms with Crippen LogP contribution in [-0.2, 0) is 16.8 Å². The van der Waals surface area contributed by atoms with E-state index < -0.39 is 11.4 Å². The molecule has 1 atom stereocenters. The average molecular weight is 467 g/mol. The van der Waals surface area contributed by atoms with Crippen LogP contribution in [0.2, 0.25) is 0 Å². The van der Waals surface area contributed by atoms with Gasteiger partial charge in [0, 0.05) is 18.9 Å². The molecular formula is C31H30O4. The molecule has 0 N–H and O–H groups in total. The first-order chi connectivity index (χ1) is 17.1. The Hall–Kier alpha value is -3.76. The Morgan fingerprint density at radius 3 is 1.83 bits per heavy atom. The van der Waals surface area contributed by atoms with Gasteiger partial charge in [-0.2, -0.15) is 0 Å². The molecule has 1 heterocycles. The molecule has 0 aliphatic carbocycles. The first kappa shape index (κ1) is 23.0. The lowest BCUT2D eigenvalue weighted by molar-refractivity contribution is -0.240. The Balaban J connectivity index is 1.63. The van der Waals surface area contributed by atoms with E-state index in [1.54, 1.807) is 14.2 Å². The second-order valence-electron chi connectivity index (χ2n) is 8.96. The predicted octanol–water partition coefficient (Wildman–Crippen LogP) is 6.75. The fourth-order valence-corrected chi connectivity index (χ4v) is 4.84. The van der Waals surface area contributed by atoms with Crippen molar-refractivity contribution in [2.24, 2.45) is 0 Å². The minimum atomic E-state index is -0.868. The number of hydrogen-bond donors (Lipinski definition) is 0. The van der Waals surface area contributed by atoms with Crippen LogP contribution in [0.25, 0.3) is 0 Å². The van der Waals surface area contributed by atoms with Crippen LogP contribution in [0.15, 0.2) is 103 Å². The molecule has 4 aromatic rings. The summed E-state index contributed by atoms with van der Waals surface area (Å²) in [6, 6.07) is 34.8. The van der Waals surface area contributed by atoms with Gasteiger partial charge < -0.3 is 18.9 Å². The summed E-state index contributed by atoms with van der Waals surface area (Å²) < 4.78 is 24.6. The molecule has 35 heavy (non-hydrogen) atoms. The van der Waals surface area contributed by atoms with Crippen molar-refractivity contribution in [2.75, 3.05) is 14.2 Å². The number of rotatable bonds is 7. The number of methoxy groups -OCH3 is 2. The van der Waals surface area contributed by atoms with Crippen molar-refractivity contribution in [3.63, 3.8) is 0 Å². The Labute approximate surface area is 207 Å². The summed E-state index contributed by atoms with van der Waals surface area (Å²) in [7, 11) is 3.36. The van der Waals surface area contributed by atoms with E-state index in [0.29, 0.717) is 6.42 Å². The Morgan fingerprint density at radius 2 is 1.26 bits per heavy atom. The Bertz CT molecular complexity index is 1230. The van der Waals surface area contributed by atoms with Gasteiger partial charge >= 0.3 is 0 Å². The summed E-state index contributed by atoms with van der Waals surface area (Å²) in [5.41, 5.74) is 3.35. The van der Waals surface area contributed by atoms with Crippen molar-refractivity contribution in [1.29, 1.82) is 0 Å². The van der Waals surface area contributed by atoms with Crippen molar-refractivity contribution < 1.29 is 18.9 Å². The van der Waals surface area contributed by atoms with E-state index in [9.17, 15) is 0 Å². The van der Waals surface area contributed by atoms with Gasteiger partial charge in [-0.1, -0.05) is 72.8 Å². The van der Waals surface area contributed by atoms with E-state index in [0.717, 1.165) is 40.4 Å². The maximum absolute atomic E-state index is 7.12. The third-order valence-electron chi connectivity index (χ3n) is 6.65. The van der Waals surface area contributed by atoms with Crippen LogP contribution in [0.4, 0.5) is 0 Å². The van der Waals surface area contributed by atoms with Gasteiger partial charge in [0.25, 0.3) is 0 Å². The largest absolute Gasteiger partial charge is 0.497 e. The fourth-order valence-electron chi connectivity index (χ4n) is 4.84. The molecule has 0 spiro atoms. The van der Waals surface area contributed by atoms with E-state index in [2.05, 4.69) is 36.4 Å². The van der Waals surface area contributed by atoms with E-state index in [1.165, 1.54) is 5.56 Å². The standard InChI is InChI=1S/C31H30O4/c1-30(21-20-23-14-16-26(32-2)17-15-23)34-29-19-18-27(33-3)22-28(29)31(35-30,24-10-6-4-7-11-24)25-12-8-5-9-13-25/h4-19,22H,20-21H2,1-3H3. The first-order valence-electron chi connectivity index (χ1n) is 11.9. The summed E-state index contributed by atoms with van der Waals surface area (Å²) in [6.45, 7) is 2.03. The van der Waals surface area contributed by atoms with Crippen molar-refractivity contribution in [1.82, 2.24) is 0 Å². The summed E-state index contributed by atoms with van der Waals surface area (Å²) in [5.74, 6) is 1.53. The highest BCUT2D eigenvalue weighted by Gasteiger charge is 2.50. The molecule has 0 saturated heterocycles. The lowest BCUT2D eigenvalue weighted by Gasteiger charge is -2.48. The highest BCUT2D eigenvalue weighted by atomic mass is 16.7. The smallest absolute Gasteiger partial charge is 0.209 e. The lowest BCUT2D eigenvalue weighted by atomic mass is 9.78. The molecule has 4 aromatic carbocycles. The average Bonchev–Trinajstić information content (AvgIpc) is 2.92. The van der Waals surface area contributed by atoms with Gasteiger partial charge in [-0.25, -0.2) is 0 Å². The molecule has 0 fully saturated rings. The van der Waals surface area contributed by atoms with E-state index in [-0.39, 0.29) is 0 Å². The molecule has 1 aliphatic rings. The first-order valence-corrected chi connectivity index (χ1v) is 11.9. The van der Waals surface area contributed by atoms with Crippen molar-refractivity contribution in [3.05, 3.63) is 125 Å². The van der Waals surface area contributed by atoms with Gasteiger partial charge in [-0.3, -0.25) is 0 Å². The quantitative estimate of drug-likeness (QED) is 0.302. The van der Waals surface area contributed by atoms with E-state index in [1.807, 2.05) is 73.7 Å². The highest BCUT2D eigenvalue weighted by Crippen LogP contribution is 2.52. The van der Waals surface area contributed by atoms with Gasteiger partial charge in [0.15, 0.2) is 5.60 Å². The van der Waals surface area contributed by atoms with Crippen molar-refractivity contribution in [2.45, 2.75) is 31.2 Å². The zero-order valence-electron chi connectivity index (χ0n) is 20.4. The van der Waals surface area contributed by atoms with Crippen LogP contribution >= 0.6 is 0 Å². The van der Waals surface area contributed by atoms with Crippen LogP contribution in [0.5, 0.6) is 17.2 Å². The van der Waals surface area contributed by atoms with Gasteiger partial charge in [-0.15, -0.1) is 0 Å². The van der Waals surface area contributed by atoms with Gasteiger partial charge in [0.1, 0.15) is 17.2 Å². The molecular weight excluding hydrogens is 436 g/mol. The predicted molar refractivity (Wildman–Crippen MR) is 137 cm³/mol. The molecule has 0 aromatic heterocycles. The monoisotopic (exact) mass is 466 g/mol. The number of benzene rings is 4. The fraction of sp³-hybridized carbons (Fsp3) is 0.226. The second-order valence-corrected chi connectivity index (χ2v) is 8.96. The van der Waals surface area contributed by atoms with Gasteiger partial charge in [0.2, 0.25) is 5.79 Å². The van der Waals surface area contributed by atoms with Crippen molar-refractivity contribution in [3.8, 4) is 17.2 Å². The molecule has 0 amide bonds. The minimum Gasteiger partial charge on any atom is -0.497 e. The van der Waals surface area contributed by atoms with Crippen LogP contribution < -0.4 is 14.2 Å². The van der Waals surface area contributed by atoms with Crippen LogP contribution in [0, 0.1) is 0 Å². The number of hydrogen-bond acceptors (Lipinski definition) is 4. The lowest BCUT2D eigenvalue weighted by Crippen LogP contribution is -2.50. The second kappa shape index (κ2) is 9.47. The molecule has 1 aliphatic heterocycles. The molecule has 178 valence electrons. The third-order valence-corrected chi connectivity index (χ3v) is 6.65. The van der Waals surface area contributed by atoms with Crippen LogP contribution in [0.3, 0.4) is 0 Å². The van der Waals surface area contributed by atoms with Crippen LogP contribution in [0.1, 0.15) is 35.6 Å². The highest BCUT2D eigenvalue weighted by molar-refractivity contribution is 5.56. The molecule has 1 unspecified atom stereocenters. The maximum Gasteiger partial charge on any atom is 0.209 e. The summed E-state index contributed by atoms with van der Waals surface area (Å²) in [4.78, 5) is 0. The van der Waals surface area contributed by atoms with Crippen LogP contribution in [-0.4, -0.2) is 20.0 Å². The number of ether oxygens (including phenoxy) is 4. The van der Waals surface area contributed by atoms with Gasteiger partial charge in [0.05, 0.1) is 14.2 Å². The topological polar surface area (TPSA) is 36.9 Å². The molecule has 4 heteroatoms. The third kappa shape index (κ3) is 4.38. The Morgan fingerprint density at radius 1 is 0.686 bits per heavy atom. The normalized spacial score (nSPS) is 18.3. The maximum atomic E-state index is 7.12. The molecule has 5 rings (SSSR count). The number of fused-ring (bicyclic) bond motifs is 1. The zero-order valence-corrected chi connectivity index (χ0v) is 20.4. The summed E-state index contributed by atoms with van der Waals surface area (Å²) >= 11 is 0. The zero-order chi connectivity index (χ0) is 24.3. The van der Waals surface area contributed by atoms with Gasteiger partial charge in [-0.05, 0) is 53.4 Å². The molecule has 0 bridgehead atoms. The summed E-state index contributed by atoms with van der Waals surface area (Å²) in [5, 5.41) is 0. The van der Waals surface area contributed by atoms with Crippen molar-refractivity contribution >= 4 is 0 Å². The Kier molecular flexibility index (Phi) is 6.23. The minimum absolute atomic E-state index is 0.673.